The van der Waals surface area contributed by atoms with Crippen LogP contribution >= 0.6 is 0 Å². The minimum atomic E-state index is -0.533. The molecule has 78 valence electrons. The summed E-state index contributed by atoms with van der Waals surface area (Å²) >= 11 is 0. The van der Waals surface area contributed by atoms with Gasteiger partial charge < -0.3 is 17.3 Å². The van der Waals surface area contributed by atoms with Crippen LogP contribution in [0.3, 0.4) is 0 Å². The highest BCUT2D eigenvalue weighted by Gasteiger charge is 2.10. The van der Waals surface area contributed by atoms with Gasteiger partial charge in [0.05, 0.1) is 5.69 Å². The molecule has 0 bridgehead atoms. The van der Waals surface area contributed by atoms with E-state index < -0.39 is 5.82 Å². The molecule has 7 heteroatoms. The minimum absolute atomic E-state index is 0.0576. The number of hydrogen-bond donors (Lipinski definition) is 3. The van der Waals surface area contributed by atoms with Crippen LogP contribution in [0.15, 0.2) is 18.2 Å². The zero-order chi connectivity index (χ0) is 11.0. The Kier molecular flexibility index (Phi) is 1.93. The minimum Gasteiger partial charge on any atom is -0.396 e. The second kappa shape index (κ2) is 3.12. The Morgan fingerprint density at radius 3 is 2.47 bits per heavy atom. The van der Waals surface area contributed by atoms with Gasteiger partial charge in [0, 0.05) is 5.56 Å². The number of aromatic nitrogens is 3. The van der Waals surface area contributed by atoms with Crippen LogP contribution in [-0.2, 0) is 0 Å². The molecule has 0 fully saturated rings. The van der Waals surface area contributed by atoms with Crippen molar-refractivity contribution >= 4 is 11.6 Å². The fourth-order valence-electron chi connectivity index (χ4n) is 1.17. The monoisotopic (exact) mass is 208 g/mol. The zero-order valence-electron chi connectivity index (χ0n) is 7.68. The van der Waals surface area contributed by atoms with Crippen molar-refractivity contribution in [2.45, 2.75) is 0 Å². The molecule has 1 heterocycles. The van der Waals surface area contributed by atoms with Crippen LogP contribution in [0.2, 0.25) is 0 Å². The Hall–Kier alpha value is -2.31. The van der Waals surface area contributed by atoms with Crippen LogP contribution in [0.1, 0.15) is 0 Å². The second-order valence-corrected chi connectivity index (χ2v) is 2.99. The second-order valence-electron chi connectivity index (χ2n) is 2.99. The molecule has 0 atom stereocenters. The highest BCUT2D eigenvalue weighted by Crippen LogP contribution is 2.21. The van der Waals surface area contributed by atoms with Crippen molar-refractivity contribution in [2.24, 2.45) is 0 Å². The molecule has 0 aliphatic heterocycles. The third kappa shape index (κ3) is 1.43. The SMILES string of the molecule is Nc1ccc(-c2nnc(N)n2N)cc1F. The van der Waals surface area contributed by atoms with E-state index in [-0.39, 0.29) is 17.5 Å². The van der Waals surface area contributed by atoms with Gasteiger partial charge in [-0.15, -0.1) is 10.2 Å². The van der Waals surface area contributed by atoms with Gasteiger partial charge in [0.25, 0.3) is 0 Å². The Morgan fingerprint density at radius 2 is 1.93 bits per heavy atom. The lowest BCUT2D eigenvalue weighted by molar-refractivity contribution is 0.633. The smallest absolute Gasteiger partial charge is 0.241 e. The lowest BCUT2D eigenvalue weighted by Crippen LogP contribution is -2.13. The average molecular weight is 208 g/mol. The highest BCUT2D eigenvalue weighted by molar-refractivity contribution is 5.60. The summed E-state index contributed by atoms with van der Waals surface area (Å²) in [6.45, 7) is 0. The molecule has 1 aromatic heterocycles. The molecule has 0 aliphatic carbocycles. The van der Waals surface area contributed by atoms with Crippen LogP contribution in [0, 0.1) is 5.82 Å². The number of nitrogen functional groups attached to an aromatic ring is 3. The topological polar surface area (TPSA) is 109 Å². The third-order valence-electron chi connectivity index (χ3n) is 1.98. The maximum absolute atomic E-state index is 13.1. The van der Waals surface area contributed by atoms with Gasteiger partial charge in [-0.05, 0) is 18.2 Å². The first-order valence-electron chi connectivity index (χ1n) is 4.11. The molecule has 0 amide bonds. The number of halogens is 1. The Labute approximate surface area is 84.5 Å². The quantitative estimate of drug-likeness (QED) is 0.450. The van der Waals surface area contributed by atoms with Gasteiger partial charge in [-0.3, -0.25) is 0 Å². The van der Waals surface area contributed by atoms with E-state index in [1.807, 2.05) is 0 Å². The first kappa shape index (κ1) is 9.25. The van der Waals surface area contributed by atoms with Crippen LogP contribution in [0.5, 0.6) is 0 Å². The third-order valence-corrected chi connectivity index (χ3v) is 1.98. The van der Waals surface area contributed by atoms with Crippen molar-refractivity contribution < 1.29 is 4.39 Å². The van der Waals surface area contributed by atoms with E-state index in [0.29, 0.717) is 5.56 Å². The molecule has 0 radical (unpaired) electrons. The molecular weight excluding hydrogens is 199 g/mol. The van der Waals surface area contributed by atoms with Crippen molar-refractivity contribution in [1.82, 2.24) is 14.9 Å². The van der Waals surface area contributed by atoms with Gasteiger partial charge in [0.15, 0.2) is 5.82 Å². The van der Waals surface area contributed by atoms with E-state index in [1.165, 1.54) is 12.1 Å². The van der Waals surface area contributed by atoms with E-state index in [9.17, 15) is 4.39 Å². The molecule has 15 heavy (non-hydrogen) atoms. The number of hydrogen-bond acceptors (Lipinski definition) is 5. The molecule has 2 aromatic rings. The average Bonchev–Trinajstić information content (AvgIpc) is 2.53. The molecule has 0 unspecified atom stereocenters. The number of nitrogens with zero attached hydrogens (tertiary/aromatic N) is 3. The van der Waals surface area contributed by atoms with Crippen LogP contribution in [-0.4, -0.2) is 14.9 Å². The molecule has 0 aliphatic rings. The fraction of sp³-hybridized carbons (Fsp3) is 0. The van der Waals surface area contributed by atoms with Gasteiger partial charge in [-0.2, -0.15) is 0 Å². The summed E-state index contributed by atoms with van der Waals surface area (Å²) in [6.07, 6.45) is 0. The van der Waals surface area contributed by atoms with Gasteiger partial charge in [-0.25, -0.2) is 9.07 Å². The molecule has 0 spiro atoms. The molecule has 0 saturated heterocycles. The normalized spacial score (nSPS) is 10.5. The standard InChI is InChI=1S/C8H9FN6/c9-5-3-4(1-2-6(5)10)7-13-14-8(11)15(7)12/h1-3H,10,12H2,(H2,11,14). The van der Waals surface area contributed by atoms with E-state index in [2.05, 4.69) is 10.2 Å². The summed E-state index contributed by atoms with van der Waals surface area (Å²) in [5, 5.41) is 7.27. The van der Waals surface area contributed by atoms with Crippen LogP contribution in [0.4, 0.5) is 16.0 Å². The van der Waals surface area contributed by atoms with E-state index in [0.717, 1.165) is 4.68 Å². The summed E-state index contributed by atoms with van der Waals surface area (Å²) in [7, 11) is 0. The Morgan fingerprint density at radius 1 is 1.20 bits per heavy atom. The number of rotatable bonds is 1. The van der Waals surface area contributed by atoms with Gasteiger partial charge in [-0.1, -0.05) is 0 Å². The summed E-state index contributed by atoms with van der Waals surface area (Å²) < 4.78 is 14.2. The van der Waals surface area contributed by atoms with Gasteiger partial charge in [0.1, 0.15) is 5.82 Å². The van der Waals surface area contributed by atoms with Crippen molar-refractivity contribution in [3.8, 4) is 11.4 Å². The summed E-state index contributed by atoms with van der Waals surface area (Å²) in [6, 6.07) is 4.24. The molecule has 2 rings (SSSR count). The maximum atomic E-state index is 13.1. The number of anilines is 2. The zero-order valence-corrected chi connectivity index (χ0v) is 7.68. The first-order valence-corrected chi connectivity index (χ1v) is 4.11. The first-order chi connectivity index (χ1) is 7.09. The number of benzene rings is 1. The van der Waals surface area contributed by atoms with Crippen molar-refractivity contribution in [3.63, 3.8) is 0 Å². The molecule has 6 N–H and O–H groups in total. The Bertz CT molecular complexity index is 506. The summed E-state index contributed by atoms with van der Waals surface area (Å²) in [5.74, 6) is 5.34. The lowest BCUT2D eigenvalue weighted by atomic mass is 10.2. The van der Waals surface area contributed by atoms with Gasteiger partial charge in [0.2, 0.25) is 5.95 Å². The molecule has 0 saturated carbocycles. The molecule has 6 nitrogen and oxygen atoms in total. The van der Waals surface area contributed by atoms with Crippen molar-refractivity contribution in [1.29, 1.82) is 0 Å². The van der Waals surface area contributed by atoms with Crippen molar-refractivity contribution in [3.05, 3.63) is 24.0 Å². The van der Waals surface area contributed by atoms with Crippen LogP contribution in [0.25, 0.3) is 11.4 Å². The predicted octanol–water partition coefficient (Wildman–Crippen LogP) is -0.0376. The van der Waals surface area contributed by atoms with Crippen molar-refractivity contribution in [2.75, 3.05) is 17.3 Å². The predicted molar refractivity (Wildman–Crippen MR) is 54.4 cm³/mol. The fourth-order valence-corrected chi connectivity index (χ4v) is 1.17. The number of nitrogens with two attached hydrogens (primary N) is 3. The van der Waals surface area contributed by atoms with E-state index in [4.69, 9.17) is 17.3 Å². The maximum Gasteiger partial charge on any atom is 0.241 e. The molecular formula is C8H9FN6. The lowest BCUT2D eigenvalue weighted by Gasteiger charge is -2.02. The Balaban J connectivity index is 2.55. The molecule has 1 aromatic carbocycles. The van der Waals surface area contributed by atoms with Gasteiger partial charge >= 0.3 is 0 Å². The van der Waals surface area contributed by atoms with E-state index >= 15 is 0 Å². The van der Waals surface area contributed by atoms with E-state index in [1.54, 1.807) is 6.07 Å². The summed E-state index contributed by atoms with van der Waals surface area (Å²) in [5.41, 5.74) is 11.3. The highest BCUT2D eigenvalue weighted by atomic mass is 19.1. The largest absolute Gasteiger partial charge is 0.396 e. The summed E-state index contributed by atoms with van der Waals surface area (Å²) in [4.78, 5) is 0. The van der Waals surface area contributed by atoms with Crippen LogP contribution < -0.4 is 17.3 Å².